The second-order valence-electron chi connectivity index (χ2n) is 13.8. The third-order valence-electron chi connectivity index (χ3n) is 8.47. The normalized spacial score (nSPS) is 12.2. The van der Waals surface area contributed by atoms with E-state index in [0.29, 0.717) is 0 Å². The molecule has 0 aromatic heterocycles. The number of hydrogen-bond acceptors (Lipinski definition) is 4. The summed E-state index contributed by atoms with van der Waals surface area (Å²) in [6.07, 6.45) is 0. The highest BCUT2D eigenvalue weighted by molar-refractivity contribution is 5.56. The molecule has 0 saturated heterocycles. The van der Waals surface area contributed by atoms with Gasteiger partial charge in [0.05, 0.1) is 0 Å². The van der Waals surface area contributed by atoms with Gasteiger partial charge < -0.3 is 20.4 Å². The smallest absolute Gasteiger partial charge is 0.119 e. The highest BCUT2D eigenvalue weighted by Gasteiger charge is 2.28. The SMILES string of the molecule is CC(C)(C)c1ccc(O)c(C(c2ccc(C(c3ccc(O)cc3)c3ccc(O)cc3)cc2)c2cc(C(C)(C)C)ccc2O)c1. The number of hydrogen-bond donors (Lipinski definition) is 4. The molecule has 0 atom stereocenters. The minimum absolute atomic E-state index is 0.131. The molecule has 5 aromatic rings. The molecule has 0 aliphatic carbocycles. The third kappa shape index (κ3) is 6.45. The Labute approximate surface area is 260 Å². The Balaban J connectivity index is 1.69. The number of phenols is 4. The van der Waals surface area contributed by atoms with Gasteiger partial charge in [0.1, 0.15) is 23.0 Å². The predicted octanol–water partition coefficient (Wildman–Crippen LogP) is 9.46. The molecule has 44 heavy (non-hydrogen) atoms. The zero-order chi connectivity index (χ0) is 31.8. The van der Waals surface area contributed by atoms with Crippen LogP contribution in [0.4, 0.5) is 0 Å². The average Bonchev–Trinajstić information content (AvgIpc) is 2.97. The summed E-state index contributed by atoms with van der Waals surface area (Å²) < 4.78 is 0. The van der Waals surface area contributed by atoms with E-state index in [1.165, 1.54) is 0 Å². The largest absolute Gasteiger partial charge is 0.508 e. The van der Waals surface area contributed by atoms with Crippen molar-refractivity contribution >= 4 is 0 Å². The van der Waals surface area contributed by atoms with E-state index < -0.39 is 5.92 Å². The lowest BCUT2D eigenvalue weighted by atomic mass is 9.77. The van der Waals surface area contributed by atoms with Crippen LogP contribution >= 0.6 is 0 Å². The lowest BCUT2D eigenvalue weighted by molar-refractivity contribution is 0.456. The number of aromatic hydroxyl groups is 4. The Hall–Kier alpha value is -4.70. The number of rotatable bonds is 6. The summed E-state index contributed by atoms with van der Waals surface area (Å²) in [4.78, 5) is 0. The molecule has 0 radical (unpaired) electrons. The van der Waals surface area contributed by atoms with Gasteiger partial charge in [-0.2, -0.15) is 0 Å². The van der Waals surface area contributed by atoms with Gasteiger partial charge in [0.25, 0.3) is 0 Å². The minimum atomic E-state index is -0.422. The van der Waals surface area contributed by atoms with Gasteiger partial charge in [-0.15, -0.1) is 0 Å². The molecule has 5 aromatic carbocycles. The van der Waals surface area contributed by atoms with Crippen molar-refractivity contribution in [3.8, 4) is 23.0 Å². The fraction of sp³-hybridized carbons (Fsp3) is 0.250. The molecule has 0 aliphatic rings. The Bertz CT molecular complexity index is 1630. The van der Waals surface area contributed by atoms with Gasteiger partial charge in [0.15, 0.2) is 0 Å². The molecule has 226 valence electrons. The summed E-state index contributed by atoms with van der Waals surface area (Å²) in [6.45, 7) is 12.9. The van der Waals surface area contributed by atoms with Crippen LogP contribution in [0.2, 0.25) is 0 Å². The minimum Gasteiger partial charge on any atom is -0.508 e. The van der Waals surface area contributed by atoms with Gasteiger partial charge in [-0.05, 0) is 80.6 Å². The number of benzene rings is 5. The standard InChI is InChI=1S/C40H42O4/c1-39(2,3)29-15-21-35(43)33(23-29)38(34-24-30(40(4,5)6)16-22-36(34)44)28-9-7-25(8-10-28)37(26-11-17-31(41)18-12-26)27-13-19-32(42)20-14-27/h7-24,37-38,41-44H,1-6H3. The zero-order valence-corrected chi connectivity index (χ0v) is 26.3. The summed E-state index contributed by atoms with van der Waals surface area (Å²) in [5.41, 5.74) is 7.38. The summed E-state index contributed by atoms with van der Waals surface area (Å²) in [7, 11) is 0. The second kappa shape index (κ2) is 11.8. The van der Waals surface area contributed by atoms with Crippen LogP contribution in [0.3, 0.4) is 0 Å². The molecule has 0 spiro atoms. The second-order valence-corrected chi connectivity index (χ2v) is 13.8. The number of phenolic OH excluding ortho intramolecular Hbond substituents is 4. The van der Waals surface area contributed by atoms with Crippen LogP contribution in [0, 0.1) is 0 Å². The van der Waals surface area contributed by atoms with E-state index in [1.807, 2.05) is 36.4 Å². The lowest BCUT2D eigenvalue weighted by Crippen LogP contribution is -2.14. The first kappa shape index (κ1) is 30.7. The molecule has 4 nitrogen and oxygen atoms in total. The molecule has 0 unspecified atom stereocenters. The van der Waals surface area contributed by atoms with Crippen LogP contribution in [0.25, 0.3) is 0 Å². The van der Waals surface area contributed by atoms with Crippen LogP contribution in [-0.2, 0) is 10.8 Å². The van der Waals surface area contributed by atoms with E-state index in [1.54, 1.807) is 36.4 Å². The summed E-state index contributed by atoms with van der Waals surface area (Å²) >= 11 is 0. The molecule has 0 amide bonds. The summed E-state index contributed by atoms with van der Waals surface area (Å²) in [6, 6.07) is 34.3. The van der Waals surface area contributed by atoms with Crippen LogP contribution in [0.15, 0.2) is 109 Å². The predicted molar refractivity (Wildman–Crippen MR) is 178 cm³/mol. The quantitative estimate of drug-likeness (QED) is 0.149. The molecule has 5 rings (SSSR count). The first-order valence-corrected chi connectivity index (χ1v) is 15.1. The molecule has 0 saturated carbocycles. The maximum absolute atomic E-state index is 11.3. The van der Waals surface area contributed by atoms with Gasteiger partial charge in [-0.25, -0.2) is 0 Å². The van der Waals surface area contributed by atoms with E-state index in [2.05, 4.69) is 77.9 Å². The zero-order valence-electron chi connectivity index (χ0n) is 26.3. The fourth-order valence-electron chi connectivity index (χ4n) is 5.82. The van der Waals surface area contributed by atoms with E-state index in [9.17, 15) is 20.4 Å². The van der Waals surface area contributed by atoms with Crippen molar-refractivity contribution in [2.75, 3.05) is 0 Å². The van der Waals surface area contributed by atoms with E-state index >= 15 is 0 Å². The molecular formula is C40H42O4. The maximum atomic E-state index is 11.3. The third-order valence-corrected chi connectivity index (χ3v) is 8.47. The van der Waals surface area contributed by atoms with Crippen LogP contribution in [0.1, 0.15) is 97.9 Å². The molecule has 0 fully saturated rings. The van der Waals surface area contributed by atoms with Crippen molar-refractivity contribution in [3.63, 3.8) is 0 Å². The van der Waals surface area contributed by atoms with Gasteiger partial charge in [0, 0.05) is 23.0 Å². The van der Waals surface area contributed by atoms with Crippen molar-refractivity contribution < 1.29 is 20.4 Å². The maximum Gasteiger partial charge on any atom is 0.119 e. The van der Waals surface area contributed by atoms with Crippen molar-refractivity contribution in [2.24, 2.45) is 0 Å². The first-order chi connectivity index (χ1) is 20.7. The highest BCUT2D eigenvalue weighted by Crippen LogP contribution is 2.44. The van der Waals surface area contributed by atoms with E-state index in [-0.39, 0.29) is 39.7 Å². The van der Waals surface area contributed by atoms with Gasteiger partial charge >= 0.3 is 0 Å². The van der Waals surface area contributed by atoms with Crippen molar-refractivity contribution in [1.29, 1.82) is 0 Å². The highest BCUT2D eigenvalue weighted by atomic mass is 16.3. The van der Waals surface area contributed by atoms with Crippen LogP contribution < -0.4 is 0 Å². The van der Waals surface area contributed by atoms with Crippen LogP contribution in [0.5, 0.6) is 23.0 Å². The van der Waals surface area contributed by atoms with E-state index in [0.717, 1.165) is 44.5 Å². The average molecular weight is 587 g/mol. The molecule has 4 heteroatoms. The van der Waals surface area contributed by atoms with Gasteiger partial charge in [-0.1, -0.05) is 114 Å². The molecule has 4 N–H and O–H groups in total. The van der Waals surface area contributed by atoms with Crippen molar-refractivity contribution in [3.05, 3.63) is 154 Å². The summed E-state index contributed by atoms with van der Waals surface area (Å²) in [5.74, 6) is 0.197. The van der Waals surface area contributed by atoms with Crippen molar-refractivity contribution in [1.82, 2.24) is 0 Å². The Morgan fingerprint density at radius 3 is 1.00 bits per heavy atom. The van der Waals surface area contributed by atoms with E-state index in [4.69, 9.17) is 0 Å². The lowest BCUT2D eigenvalue weighted by Gasteiger charge is -2.27. The molecular weight excluding hydrogens is 544 g/mol. The Morgan fingerprint density at radius 1 is 0.386 bits per heavy atom. The molecule has 0 bridgehead atoms. The summed E-state index contributed by atoms with van der Waals surface area (Å²) in [5, 5.41) is 42.4. The monoisotopic (exact) mass is 586 g/mol. The van der Waals surface area contributed by atoms with Crippen molar-refractivity contribution in [2.45, 2.75) is 64.2 Å². The topological polar surface area (TPSA) is 80.9 Å². The molecule has 0 aliphatic heterocycles. The fourth-order valence-corrected chi connectivity index (χ4v) is 5.82. The van der Waals surface area contributed by atoms with Crippen LogP contribution in [-0.4, -0.2) is 20.4 Å². The Morgan fingerprint density at radius 2 is 0.682 bits per heavy atom. The Kier molecular flexibility index (Phi) is 8.22. The van der Waals surface area contributed by atoms with Gasteiger partial charge in [-0.3, -0.25) is 0 Å². The first-order valence-electron chi connectivity index (χ1n) is 15.1. The molecule has 0 heterocycles. The van der Waals surface area contributed by atoms with Gasteiger partial charge in [0.2, 0.25) is 0 Å².